The van der Waals surface area contributed by atoms with Gasteiger partial charge in [-0.05, 0) is 28.8 Å². The van der Waals surface area contributed by atoms with Crippen LogP contribution in [0, 0.1) is 0 Å². The molecule has 0 saturated heterocycles. The molecular formula is C16H16N2. The van der Waals surface area contributed by atoms with Crippen molar-refractivity contribution in [2.75, 3.05) is 11.9 Å². The van der Waals surface area contributed by atoms with Crippen LogP contribution in [0.3, 0.4) is 0 Å². The second-order valence-electron chi connectivity index (χ2n) is 4.42. The molecule has 1 aromatic heterocycles. The Bertz CT molecular complexity index is 587. The molecule has 4 rings (SSSR count). The third-order valence-electron chi connectivity index (χ3n) is 3.20. The Morgan fingerprint density at radius 2 is 1.44 bits per heavy atom. The third kappa shape index (κ3) is 2.23. The molecule has 90 valence electrons. The van der Waals surface area contributed by atoms with Gasteiger partial charge in [0.25, 0.3) is 0 Å². The first kappa shape index (κ1) is 10.9. The monoisotopic (exact) mass is 236 g/mol. The first-order valence-corrected chi connectivity index (χ1v) is 6.27. The fourth-order valence-corrected chi connectivity index (χ4v) is 2.24. The average Bonchev–Trinajstić information content (AvgIpc) is 3.08. The Hall–Kier alpha value is -2.22. The van der Waals surface area contributed by atoms with Crippen molar-refractivity contribution in [2.45, 2.75) is 6.42 Å². The van der Waals surface area contributed by atoms with Crippen LogP contribution in [-0.4, -0.2) is 11.5 Å². The second kappa shape index (κ2) is 4.96. The molecule has 0 fully saturated rings. The number of H-pyrrole nitrogens is 1. The van der Waals surface area contributed by atoms with Crippen molar-refractivity contribution >= 4 is 16.5 Å². The molecule has 0 amide bonds. The summed E-state index contributed by atoms with van der Waals surface area (Å²) in [5, 5.41) is 5.85. The van der Waals surface area contributed by atoms with E-state index in [0.29, 0.717) is 0 Å². The van der Waals surface area contributed by atoms with Gasteiger partial charge in [0.05, 0.1) is 0 Å². The summed E-state index contributed by atoms with van der Waals surface area (Å²) >= 11 is 0. The highest BCUT2D eigenvalue weighted by Gasteiger charge is 2.05. The van der Waals surface area contributed by atoms with Gasteiger partial charge in [-0.2, -0.15) is 0 Å². The zero-order valence-electron chi connectivity index (χ0n) is 10.2. The first-order chi connectivity index (χ1) is 8.93. The Labute approximate surface area is 107 Å². The van der Waals surface area contributed by atoms with Crippen molar-refractivity contribution in [1.29, 1.82) is 0 Å². The normalized spacial score (nSPS) is 12.4. The summed E-state index contributed by atoms with van der Waals surface area (Å²) in [6.45, 7) is 1.11. The SMILES string of the molecule is c1ccc2c(c1)CCN2.c1ccc2c[nH]cc2c1. The Balaban J connectivity index is 0.000000111. The van der Waals surface area contributed by atoms with Crippen LogP contribution in [0.1, 0.15) is 5.56 Å². The van der Waals surface area contributed by atoms with Gasteiger partial charge in [-0.3, -0.25) is 0 Å². The molecule has 0 radical (unpaired) electrons. The Morgan fingerprint density at radius 3 is 2.17 bits per heavy atom. The third-order valence-corrected chi connectivity index (χ3v) is 3.20. The lowest BCUT2D eigenvalue weighted by Gasteiger charge is -1.94. The summed E-state index contributed by atoms with van der Waals surface area (Å²) in [6, 6.07) is 16.7. The number of nitrogens with one attached hydrogen (secondary N) is 2. The number of para-hydroxylation sites is 1. The van der Waals surface area contributed by atoms with E-state index in [0.717, 1.165) is 6.54 Å². The van der Waals surface area contributed by atoms with Crippen LogP contribution in [0.25, 0.3) is 10.8 Å². The molecule has 0 atom stereocenters. The maximum atomic E-state index is 3.30. The first-order valence-electron chi connectivity index (χ1n) is 6.27. The van der Waals surface area contributed by atoms with Crippen molar-refractivity contribution < 1.29 is 0 Å². The number of hydrogen-bond donors (Lipinski definition) is 2. The lowest BCUT2D eigenvalue weighted by molar-refractivity contribution is 1.11. The summed E-state index contributed by atoms with van der Waals surface area (Å²) in [6.07, 6.45) is 5.18. The van der Waals surface area contributed by atoms with Gasteiger partial charge in [-0.25, -0.2) is 0 Å². The molecule has 2 aromatic carbocycles. The Morgan fingerprint density at radius 1 is 0.778 bits per heavy atom. The van der Waals surface area contributed by atoms with E-state index in [4.69, 9.17) is 0 Å². The van der Waals surface area contributed by atoms with Gasteiger partial charge in [0, 0.05) is 24.6 Å². The van der Waals surface area contributed by atoms with E-state index < -0.39 is 0 Å². The fourth-order valence-electron chi connectivity index (χ4n) is 2.24. The summed E-state index contributed by atoms with van der Waals surface area (Å²) in [5.41, 5.74) is 2.77. The van der Waals surface area contributed by atoms with Gasteiger partial charge in [-0.1, -0.05) is 42.5 Å². The lowest BCUT2D eigenvalue weighted by Crippen LogP contribution is -1.90. The van der Waals surface area contributed by atoms with Crippen LogP contribution in [0.15, 0.2) is 60.9 Å². The second-order valence-corrected chi connectivity index (χ2v) is 4.42. The zero-order valence-corrected chi connectivity index (χ0v) is 10.2. The zero-order chi connectivity index (χ0) is 12.2. The van der Waals surface area contributed by atoms with Crippen molar-refractivity contribution in [2.24, 2.45) is 0 Å². The molecule has 3 aromatic rings. The fraction of sp³-hybridized carbons (Fsp3) is 0.125. The predicted octanol–water partition coefficient (Wildman–Crippen LogP) is 3.82. The van der Waals surface area contributed by atoms with E-state index in [2.05, 4.69) is 46.7 Å². The van der Waals surface area contributed by atoms with Gasteiger partial charge < -0.3 is 10.3 Å². The molecule has 2 N–H and O–H groups in total. The van der Waals surface area contributed by atoms with E-state index in [1.807, 2.05) is 24.5 Å². The number of aromatic nitrogens is 1. The minimum atomic E-state index is 1.11. The van der Waals surface area contributed by atoms with E-state index in [1.165, 1.54) is 28.4 Å². The number of aromatic amines is 1. The van der Waals surface area contributed by atoms with Crippen LogP contribution in [-0.2, 0) is 6.42 Å². The number of hydrogen-bond acceptors (Lipinski definition) is 1. The highest BCUT2D eigenvalue weighted by Crippen LogP contribution is 2.19. The molecule has 0 saturated carbocycles. The summed E-state index contributed by atoms with van der Waals surface area (Å²) in [7, 11) is 0. The summed E-state index contributed by atoms with van der Waals surface area (Å²) in [5.74, 6) is 0. The summed E-state index contributed by atoms with van der Waals surface area (Å²) in [4.78, 5) is 3.04. The van der Waals surface area contributed by atoms with Gasteiger partial charge in [0.15, 0.2) is 0 Å². The largest absolute Gasteiger partial charge is 0.384 e. The maximum absolute atomic E-state index is 3.30. The van der Waals surface area contributed by atoms with Crippen LogP contribution in [0.5, 0.6) is 0 Å². The molecule has 0 bridgehead atoms. The molecule has 1 aliphatic heterocycles. The lowest BCUT2D eigenvalue weighted by atomic mass is 10.2. The number of anilines is 1. The van der Waals surface area contributed by atoms with Gasteiger partial charge in [-0.15, -0.1) is 0 Å². The van der Waals surface area contributed by atoms with E-state index in [9.17, 15) is 0 Å². The number of rotatable bonds is 0. The Kier molecular flexibility index (Phi) is 3.01. The molecule has 2 heterocycles. The molecule has 0 spiro atoms. The highest BCUT2D eigenvalue weighted by atomic mass is 14.9. The molecule has 0 aliphatic carbocycles. The summed E-state index contributed by atoms with van der Waals surface area (Å²) < 4.78 is 0. The number of benzene rings is 2. The number of fused-ring (bicyclic) bond motifs is 2. The molecule has 2 heteroatoms. The van der Waals surface area contributed by atoms with Crippen LogP contribution < -0.4 is 5.32 Å². The highest BCUT2D eigenvalue weighted by molar-refractivity contribution is 5.81. The molecule has 0 unspecified atom stereocenters. The van der Waals surface area contributed by atoms with Crippen molar-refractivity contribution in [3.8, 4) is 0 Å². The van der Waals surface area contributed by atoms with Crippen LogP contribution in [0.4, 0.5) is 5.69 Å². The van der Waals surface area contributed by atoms with Crippen molar-refractivity contribution in [1.82, 2.24) is 4.98 Å². The van der Waals surface area contributed by atoms with Crippen LogP contribution in [0.2, 0.25) is 0 Å². The minimum Gasteiger partial charge on any atom is -0.384 e. The molecule has 1 aliphatic rings. The molecule has 18 heavy (non-hydrogen) atoms. The van der Waals surface area contributed by atoms with E-state index in [1.54, 1.807) is 0 Å². The van der Waals surface area contributed by atoms with Gasteiger partial charge in [0.1, 0.15) is 0 Å². The van der Waals surface area contributed by atoms with Crippen LogP contribution >= 0.6 is 0 Å². The van der Waals surface area contributed by atoms with Crippen molar-refractivity contribution in [3.63, 3.8) is 0 Å². The molecule has 2 nitrogen and oxygen atoms in total. The van der Waals surface area contributed by atoms with Gasteiger partial charge in [0.2, 0.25) is 0 Å². The van der Waals surface area contributed by atoms with E-state index >= 15 is 0 Å². The molecular weight excluding hydrogens is 220 g/mol. The average molecular weight is 236 g/mol. The topological polar surface area (TPSA) is 27.8 Å². The van der Waals surface area contributed by atoms with E-state index in [-0.39, 0.29) is 0 Å². The predicted molar refractivity (Wildman–Crippen MR) is 76.9 cm³/mol. The van der Waals surface area contributed by atoms with Crippen molar-refractivity contribution in [3.05, 3.63) is 66.5 Å². The maximum Gasteiger partial charge on any atom is 0.0373 e. The standard InChI is InChI=1S/C8H7N.C8H9N/c1-2-4-8-6-9-5-7(8)3-1;1-2-4-8-7(3-1)5-6-9-8/h1-6,9H;1-4,9H,5-6H2. The quantitative estimate of drug-likeness (QED) is 0.610. The van der Waals surface area contributed by atoms with Gasteiger partial charge >= 0.3 is 0 Å². The smallest absolute Gasteiger partial charge is 0.0373 e. The minimum absolute atomic E-state index is 1.11.